The second kappa shape index (κ2) is 10.1. The zero-order valence-electron chi connectivity index (χ0n) is 15.2. The molecule has 0 unspecified atom stereocenters. The lowest BCUT2D eigenvalue weighted by atomic mass is 10.1. The van der Waals surface area contributed by atoms with Crippen LogP contribution in [0.1, 0.15) is 31.2 Å². The van der Waals surface area contributed by atoms with Gasteiger partial charge < -0.3 is 14.1 Å². The summed E-state index contributed by atoms with van der Waals surface area (Å²) < 4.78 is 9.19. The van der Waals surface area contributed by atoms with Gasteiger partial charge in [-0.1, -0.05) is 46.3 Å². The van der Waals surface area contributed by atoms with E-state index in [2.05, 4.69) is 43.7 Å². The number of carbonyl (C=O) groups excluding carboxylic acids is 1. The van der Waals surface area contributed by atoms with E-state index in [4.69, 9.17) is 4.74 Å². The van der Waals surface area contributed by atoms with E-state index in [1.54, 1.807) is 0 Å². The molecule has 3 aromatic rings. The summed E-state index contributed by atoms with van der Waals surface area (Å²) >= 11 is 3.47. The van der Waals surface area contributed by atoms with Gasteiger partial charge in [0.1, 0.15) is 17.9 Å². The first kappa shape index (κ1) is 19.4. The lowest BCUT2D eigenvalue weighted by molar-refractivity contribution is -0.107. The Labute approximate surface area is 168 Å². The van der Waals surface area contributed by atoms with Crippen molar-refractivity contribution in [1.29, 1.82) is 0 Å². The normalized spacial score (nSPS) is 10.7. The molecule has 0 radical (unpaired) electrons. The van der Waals surface area contributed by atoms with Gasteiger partial charge in [-0.2, -0.15) is 0 Å². The summed E-state index contributed by atoms with van der Waals surface area (Å²) in [5, 5.41) is 0. The van der Waals surface area contributed by atoms with Crippen molar-refractivity contribution in [2.45, 2.75) is 32.2 Å². The fourth-order valence-corrected chi connectivity index (χ4v) is 3.21. The molecule has 4 nitrogen and oxygen atoms in total. The highest BCUT2D eigenvalue weighted by molar-refractivity contribution is 9.10. The van der Waals surface area contributed by atoms with Gasteiger partial charge >= 0.3 is 0 Å². The van der Waals surface area contributed by atoms with Gasteiger partial charge in [0.2, 0.25) is 0 Å². The predicted octanol–water partition coefficient (Wildman–Crippen LogP) is 5.50. The third kappa shape index (κ3) is 5.54. The van der Waals surface area contributed by atoms with Crippen LogP contribution in [-0.2, 0) is 11.3 Å². The van der Waals surface area contributed by atoms with Crippen molar-refractivity contribution in [2.24, 2.45) is 0 Å². The number of benzene rings is 2. The maximum absolute atomic E-state index is 10.4. The van der Waals surface area contributed by atoms with Crippen LogP contribution in [0.25, 0.3) is 11.4 Å². The third-order valence-corrected chi connectivity index (χ3v) is 4.88. The first-order valence-corrected chi connectivity index (χ1v) is 9.98. The van der Waals surface area contributed by atoms with Gasteiger partial charge in [-0.05, 0) is 37.5 Å². The Hall–Kier alpha value is -2.40. The SMILES string of the molecule is O=CCCCCCOc1ccccc1Cn1ccnc1-c1ccc(Br)cc1. The zero-order chi connectivity index (χ0) is 18.9. The molecule has 27 heavy (non-hydrogen) atoms. The minimum atomic E-state index is 0.635. The third-order valence-electron chi connectivity index (χ3n) is 4.36. The van der Waals surface area contributed by atoms with E-state index in [1.807, 2.05) is 42.7 Å². The van der Waals surface area contributed by atoms with Crippen LogP contribution in [0.4, 0.5) is 0 Å². The second-order valence-electron chi connectivity index (χ2n) is 6.36. The number of unbranched alkanes of at least 4 members (excludes halogenated alkanes) is 3. The van der Waals surface area contributed by atoms with Crippen molar-refractivity contribution in [1.82, 2.24) is 9.55 Å². The molecule has 0 saturated carbocycles. The highest BCUT2D eigenvalue weighted by Crippen LogP contribution is 2.24. The molecule has 5 heteroatoms. The summed E-state index contributed by atoms with van der Waals surface area (Å²) in [6, 6.07) is 16.3. The van der Waals surface area contributed by atoms with Crippen LogP contribution in [0.3, 0.4) is 0 Å². The van der Waals surface area contributed by atoms with Gasteiger partial charge in [-0.3, -0.25) is 0 Å². The van der Waals surface area contributed by atoms with Crippen LogP contribution in [0.5, 0.6) is 5.75 Å². The van der Waals surface area contributed by atoms with Gasteiger partial charge in [0.05, 0.1) is 13.2 Å². The largest absolute Gasteiger partial charge is 0.493 e. The molecule has 1 heterocycles. The van der Waals surface area contributed by atoms with Crippen molar-refractivity contribution < 1.29 is 9.53 Å². The molecule has 0 saturated heterocycles. The summed E-state index contributed by atoms with van der Waals surface area (Å²) in [6.07, 6.45) is 8.33. The van der Waals surface area contributed by atoms with Crippen LogP contribution in [0.15, 0.2) is 65.4 Å². The number of hydrogen-bond acceptors (Lipinski definition) is 3. The van der Waals surface area contributed by atoms with Crippen LogP contribution < -0.4 is 4.74 Å². The van der Waals surface area contributed by atoms with Gasteiger partial charge in [0.25, 0.3) is 0 Å². The number of ether oxygens (including phenoxy) is 1. The van der Waals surface area contributed by atoms with Gasteiger partial charge in [0.15, 0.2) is 0 Å². The van der Waals surface area contributed by atoms with E-state index in [0.717, 1.165) is 52.7 Å². The van der Waals surface area contributed by atoms with Crippen molar-refractivity contribution >= 4 is 22.2 Å². The fraction of sp³-hybridized carbons (Fsp3) is 0.273. The lowest BCUT2D eigenvalue weighted by Gasteiger charge is -2.13. The van der Waals surface area contributed by atoms with E-state index in [9.17, 15) is 4.79 Å². The van der Waals surface area contributed by atoms with E-state index in [-0.39, 0.29) is 0 Å². The molecule has 0 aliphatic heterocycles. The maximum Gasteiger partial charge on any atom is 0.140 e. The molecule has 0 fully saturated rings. The number of rotatable bonds is 10. The predicted molar refractivity (Wildman–Crippen MR) is 111 cm³/mol. The number of hydrogen-bond donors (Lipinski definition) is 0. The number of aldehydes is 1. The van der Waals surface area contributed by atoms with E-state index in [1.165, 1.54) is 0 Å². The molecule has 0 N–H and O–H groups in total. The first-order chi connectivity index (χ1) is 13.3. The van der Waals surface area contributed by atoms with Gasteiger partial charge in [-0.15, -0.1) is 0 Å². The van der Waals surface area contributed by atoms with Gasteiger partial charge in [-0.25, -0.2) is 4.98 Å². The second-order valence-corrected chi connectivity index (χ2v) is 7.27. The average Bonchev–Trinajstić information content (AvgIpc) is 3.14. The lowest BCUT2D eigenvalue weighted by Crippen LogP contribution is -2.05. The number of aromatic nitrogens is 2. The molecule has 1 aromatic heterocycles. The number of carbonyl (C=O) groups is 1. The summed E-state index contributed by atoms with van der Waals surface area (Å²) in [4.78, 5) is 14.9. The molecule has 0 bridgehead atoms. The maximum atomic E-state index is 10.4. The Morgan fingerprint density at radius 1 is 1.04 bits per heavy atom. The molecule has 3 rings (SSSR count). The van der Waals surface area contributed by atoms with Crippen molar-refractivity contribution in [3.8, 4) is 17.1 Å². The summed E-state index contributed by atoms with van der Waals surface area (Å²) in [7, 11) is 0. The monoisotopic (exact) mass is 426 g/mol. The zero-order valence-corrected chi connectivity index (χ0v) is 16.8. The molecule has 0 atom stereocenters. The number of halogens is 1. The van der Waals surface area contributed by atoms with Crippen molar-refractivity contribution in [3.63, 3.8) is 0 Å². The topological polar surface area (TPSA) is 44.1 Å². The number of para-hydroxylation sites is 1. The van der Waals surface area contributed by atoms with Crippen LogP contribution in [0, 0.1) is 0 Å². The Bertz CT molecular complexity index is 859. The molecule has 140 valence electrons. The summed E-state index contributed by atoms with van der Waals surface area (Å²) in [5.74, 6) is 1.84. The van der Waals surface area contributed by atoms with Crippen molar-refractivity contribution in [2.75, 3.05) is 6.61 Å². The van der Waals surface area contributed by atoms with Gasteiger partial charge in [0, 0.05) is 34.4 Å². The number of nitrogens with zero attached hydrogens (tertiary/aromatic N) is 2. The van der Waals surface area contributed by atoms with Crippen LogP contribution >= 0.6 is 15.9 Å². The molecule has 0 spiro atoms. The Balaban J connectivity index is 1.67. The minimum Gasteiger partial charge on any atom is -0.493 e. The summed E-state index contributed by atoms with van der Waals surface area (Å²) in [6.45, 7) is 1.37. The molecular formula is C22H23BrN2O2. The average molecular weight is 427 g/mol. The summed E-state index contributed by atoms with van der Waals surface area (Å²) in [5.41, 5.74) is 2.21. The molecule has 0 aliphatic rings. The van der Waals surface area contributed by atoms with E-state index in [0.29, 0.717) is 19.6 Å². The van der Waals surface area contributed by atoms with Crippen molar-refractivity contribution in [3.05, 3.63) is 71.0 Å². The molecule has 2 aromatic carbocycles. The Kier molecular flexibility index (Phi) is 7.22. The molecular weight excluding hydrogens is 404 g/mol. The standard InChI is InChI=1S/C22H23BrN2O2/c23-20-11-9-18(10-12-20)22-24-13-14-25(22)17-19-7-3-4-8-21(19)27-16-6-2-1-5-15-26/h3-4,7-15H,1-2,5-6,16-17H2. The number of imidazole rings is 1. The van der Waals surface area contributed by atoms with Crippen LogP contribution in [-0.4, -0.2) is 22.4 Å². The minimum absolute atomic E-state index is 0.635. The quantitative estimate of drug-likeness (QED) is 0.317. The van der Waals surface area contributed by atoms with Crippen LogP contribution in [0.2, 0.25) is 0 Å². The molecule has 0 amide bonds. The van der Waals surface area contributed by atoms with E-state index < -0.39 is 0 Å². The highest BCUT2D eigenvalue weighted by Gasteiger charge is 2.09. The van der Waals surface area contributed by atoms with E-state index >= 15 is 0 Å². The molecule has 0 aliphatic carbocycles. The first-order valence-electron chi connectivity index (χ1n) is 9.19. The highest BCUT2D eigenvalue weighted by atomic mass is 79.9. The smallest absolute Gasteiger partial charge is 0.140 e. The Morgan fingerprint density at radius 2 is 1.85 bits per heavy atom. The Morgan fingerprint density at radius 3 is 2.67 bits per heavy atom. The fourth-order valence-electron chi connectivity index (χ4n) is 2.94.